The van der Waals surface area contributed by atoms with Crippen LogP contribution in [-0.2, 0) is 6.42 Å². The van der Waals surface area contributed by atoms with Gasteiger partial charge in [-0.15, -0.1) is 0 Å². The van der Waals surface area contributed by atoms with Crippen molar-refractivity contribution in [1.29, 1.82) is 0 Å². The standard InChI is InChI=1S/C10H14N4O/c1-2-11-9(10-12-7-13-14-10)5-8-3-4-15-6-8/h3-4,6-7,9,11H,2,5H2,1H3,(H,12,13,14). The zero-order chi connectivity index (χ0) is 10.5. The highest BCUT2D eigenvalue weighted by Gasteiger charge is 2.14. The molecule has 2 aromatic heterocycles. The van der Waals surface area contributed by atoms with Crippen molar-refractivity contribution < 1.29 is 4.42 Å². The molecular formula is C10H14N4O. The summed E-state index contributed by atoms with van der Waals surface area (Å²) in [7, 11) is 0. The number of H-pyrrole nitrogens is 1. The first kappa shape index (κ1) is 9.92. The van der Waals surface area contributed by atoms with E-state index in [2.05, 4.69) is 27.4 Å². The molecule has 0 saturated carbocycles. The SMILES string of the molecule is CCNC(Cc1ccoc1)c1ncn[nH]1. The van der Waals surface area contributed by atoms with Crippen LogP contribution in [0, 0.1) is 0 Å². The summed E-state index contributed by atoms with van der Waals surface area (Å²) in [5.74, 6) is 0.859. The van der Waals surface area contributed by atoms with E-state index in [0.717, 1.165) is 24.4 Å². The van der Waals surface area contributed by atoms with Crippen LogP contribution in [0.25, 0.3) is 0 Å². The van der Waals surface area contributed by atoms with E-state index in [0.29, 0.717) is 0 Å². The van der Waals surface area contributed by atoms with Gasteiger partial charge in [0.25, 0.3) is 0 Å². The lowest BCUT2D eigenvalue weighted by Crippen LogP contribution is -2.23. The van der Waals surface area contributed by atoms with Crippen LogP contribution in [0.4, 0.5) is 0 Å². The summed E-state index contributed by atoms with van der Waals surface area (Å²) in [4.78, 5) is 4.16. The number of nitrogens with one attached hydrogen (secondary N) is 2. The van der Waals surface area contributed by atoms with Crippen molar-refractivity contribution in [2.45, 2.75) is 19.4 Å². The highest BCUT2D eigenvalue weighted by molar-refractivity contribution is 5.10. The Morgan fingerprint density at radius 2 is 2.53 bits per heavy atom. The predicted octanol–water partition coefficient (Wildman–Crippen LogP) is 1.29. The Bertz CT molecular complexity index is 368. The minimum absolute atomic E-state index is 0.162. The van der Waals surface area contributed by atoms with E-state index in [4.69, 9.17) is 4.42 Å². The molecule has 2 aromatic rings. The number of hydrogen-bond donors (Lipinski definition) is 2. The van der Waals surface area contributed by atoms with Crippen LogP contribution in [-0.4, -0.2) is 21.7 Å². The molecule has 2 heterocycles. The monoisotopic (exact) mass is 206 g/mol. The fraction of sp³-hybridized carbons (Fsp3) is 0.400. The fourth-order valence-electron chi connectivity index (χ4n) is 1.54. The Morgan fingerprint density at radius 1 is 1.60 bits per heavy atom. The molecule has 1 atom stereocenters. The lowest BCUT2D eigenvalue weighted by Gasteiger charge is -2.13. The zero-order valence-corrected chi connectivity index (χ0v) is 8.60. The third kappa shape index (κ3) is 2.44. The van der Waals surface area contributed by atoms with Crippen LogP contribution in [0.2, 0.25) is 0 Å². The number of likely N-dealkylation sites (N-methyl/N-ethyl adjacent to an activating group) is 1. The Kier molecular flexibility index (Phi) is 3.14. The third-order valence-corrected chi connectivity index (χ3v) is 2.23. The number of hydrogen-bond acceptors (Lipinski definition) is 4. The van der Waals surface area contributed by atoms with Gasteiger partial charge in [0.05, 0.1) is 18.6 Å². The van der Waals surface area contributed by atoms with Crippen LogP contribution >= 0.6 is 0 Å². The number of nitrogens with zero attached hydrogens (tertiary/aromatic N) is 2. The van der Waals surface area contributed by atoms with E-state index in [-0.39, 0.29) is 6.04 Å². The average Bonchev–Trinajstić information content (AvgIpc) is 2.89. The Morgan fingerprint density at radius 3 is 3.13 bits per heavy atom. The molecule has 0 spiro atoms. The van der Waals surface area contributed by atoms with Gasteiger partial charge >= 0.3 is 0 Å². The molecule has 0 bridgehead atoms. The maximum Gasteiger partial charge on any atom is 0.141 e. The van der Waals surface area contributed by atoms with Gasteiger partial charge in [0.15, 0.2) is 0 Å². The Hall–Kier alpha value is -1.62. The molecule has 0 fully saturated rings. The molecule has 80 valence electrons. The molecule has 0 aromatic carbocycles. The second kappa shape index (κ2) is 4.75. The van der Waals surface area contributed by atoms with E-state index >= 15 is 0 Å². The minimum Gasteiger partial charge on any atom is -0.472 e. The van der Waals surface area contributed by atoms with Gasteiger partial charge in [-0.05, 0) is 24.6 Å². The first-order chi connectivity index (χ1) is 7.40. The van der Waals surface area contributed by atoms with Crippen molar-refractivity contribution >= 4 is 0 Å². The molecule has 0 aliphatic heterocycles. The van der Waals surface area contributed by atoms with Gasteiger partial charge in [-0.2, -0.15) is 5.10 Å². The van der Waals surface area contributed by atoms with Crippen LogP contribution in [0.5, 0.6) is 0 Å². The molecule has 0 aliphatic carbocycles. The summed E-state index contributed by atoms with van der Waals surface area (Å²) in [6.45, 7) is 2.96. The highest BCUT2D eigenvalue weighted by atomic mass is 16.3. The predicted molar refractivity (Wildman–Crippen MR) is 55.2 cm³/mol. The van der Waals surface area contributed by atoms with Crippen LogP contribution in [0.3, 0.4) is 0 Å². The summed E-state index contributed by atoms with van der Waals surface area (Å²) in [6, 6.07) is 2.12. The maximum absolute atomic E-state index is 5.04. The molecule has 0 aliphatic rings. The van der Waals surface area contributed by atoms with Gasteiger partial charge in [-0.25, -0.2) is 4.98 Å². The normalized spacial score (nSPS) is 12.9. The van der Waals surface area contributed by atoms with Crippen molar-refractivity contribution in [2.24, 2.45) is 0 Å². The largest absolute Gasteiger partial charge is 0.472 e. The topological polar surface area (TPSA) is 66.7 Å². The van der Waals surface area contributed by atoms with E-state index < -0.39 is 0 Å². The number of furan rings is 1. The highest BCUT2D eigenvalue weighted by Crippen LogP contribution is 2.14. The molecule has 1 unspecified atom stereocenters. The van der Waals surface area contributed by atoms with Crippen molar-refractivity contribution in [2.75, 3.05) is 6.54 Å². The third-order valence-electron chi connectivity index (χ3n) is 2.23. The fourth-order valence-corrected chi connectivity index (χ4v) is 1.54. The van der Waals surface area contributed by atoms with Crippen molar-refractivity contribution in [3.63, 3.8) is 0 Å². The number of rotatable bonds is 5. The molecule has 0 saturated heterocycles. The van der Waals surface area contributed by atoms with Gasteiger partial charge in [-0.1, -0.05) is 6.92 Å². The van der Waals surface area contributed by atoms with Gasteiger partial charge in [0.2, 0.25) is 0 Å². The van der Waals surface area contributed by atoms with Crippen molar-refractivity contribution in [3.05, 3.63) is 36.3 Å². The van der Waals surface area contributed by atoms with Crippen molar-refractivity contribution in [3.8, 4) is 0 Å². The average molecular weight is 206 g/mol. The first-order valence-electron chi connectivity index (χ1n) is 5.00. The quantitative estimate of drug-likeness (QED) is 0.773. The molecule has 2 rings (SSSR count). The van der Waals surface area contributed by atoms with E-state index in [1.807, 2.05) is 6.07 Å². The molecule has 15 heavy (non-hydrogen) atoms. The second-order valence-electron chi connectivity index (χ2n) is 3.32. The van der Waals surface area contributed by atoms with E-state index in [9.17, 15) is 0 Å². The summed E-state index contributed by atoms with van der Waals surface area (Å²) in [5, 5.41) is 10.1. The summed E-state index contributed by atoms with van der Waals surface area (Å²) in [6.07, 6.45) is 5.80. The summed E-state index contributed by atoms with van der Waals surface area (Å²) < 4.78 is 5.04. The van der Waals surface area contributed by atoms with Gasteiger partial charge < -0.3 is 9.73 Å². The molecule has 5 nitrogen and oxygen atoms in total. The van der Waals surface area contributed by atoms with E-state index in [1.165, 1.54) is 6.33 Å². The van der Waals surface area contributed by atoms with Crippen LogP contribution in [0.15, 0.2) is 29.3 Å². The number of aromatic amines is 1. The lowest BCUT2D eigenvalue weighted by molar-refractivity contribution is 0.515. The van der Waals surface area contributed by atoms with Gasteiger partial charge in [-0.3, -0.25) is 5.10 Å². The zero-order valence-electron chi connectivity index (χ0n) is 8.60. The maximum atomic E-state index is 5.04. The smallest absolute Gasteiger partial charge is 0.141 e. The Balaban J connectivity index is 2.07. The summed E-state index contributed by atoms with van der Waals surface area (Å²) >= 11 is 0. The number of aromatic nitrogens is 3. The second-order valence-corrected chi connectivity index (χ2v) is 3.32. The van der Waals surface area contributed by atoms with Gasteiger partial charge in [0, 0.05) is 0 Å². The molecule has 2 N–H and O–H groups in total. The first-order valence-corrected chi connectivity index (χ1v) is 5.00. The van der Waals surface area contributed by atoms with Crippen molar-refractivity contribution in [1.82, 2.24) is 20.5 Å². The molecular weight excluding hydrogens is 192 g/mol. The molecule has 0 radical (unpaired) electrons. The van der Waals surface area contributed by atoms with Crippen LogP contribution in [0.1, 0.15) is 24.4 Å². The molecule has 5 heteroatoms. The summed E-state index contributed by atoms with van der Waals surface area (Å²) in [5.41, 5.74) is 1.15. The Labute approximate surface area is 87.9 Å². The minimum atomic E-state index is 0.162. The lowest BCUT2D eigenvalue weighted by atomic mass is 10.1. The van der Waals surface area contributed by atoms with Crippen LogP contribution < -0.4 is 5.32 Å². The molecule has 0 amide bonds. The van der Waals surface area contributed by atoms with Gasteiger partial charge in [0.1, 0.15) is 12.2 Å². The van der Waals surface area contributed by atoms with E-state index in [1.54, 1.807) is 12.5 Å².